The number of nitrogens with one attached hydrogen (secondary N) is 2. The van der Waals surface area contributed by atoms with Gasteiger partial charge in [0.15, 0.2) is 0 Å². The highest BCUT2D eigenvalue weighted by molar-refractivity contribution is 7.10. The monoisotopic (exact) mass is 381 g/mol. The summed E-state index contributed by atoms with van der Waals surface area (Å²) in [6.45, 7) is 7.22. The minimum absolute atomic E-state index is 0.0500. The topological polar surface area (TPSA) is 87.7 Å². The lowest BCUT2D eigenvalue weighted by molar-refractivity contribution is -0.132. The van der Waals surface area contributed by atoms with Crippen LogP contribution >= 0.6 is 11.3 Å². The first-order valence-electron chi connectivity index (χ1n) is 8.81. The summed E-state index contributed by atoms with van der Waals surface area (Å²) in [6, 6.07) is 2.07. The first kappa shape index (κ1) is 20.2. The molecule has 0 radical (unpaired) electrons. The van der Waals surface area contributed by atoms with Crippen molar-refractivity contribution in [1.82, 2.24) is 15.5 Å². The third-order valence-corrected chi connectivity index (χ3v) is 4.86. The van der Waals surface area contributed by atoms with Crippen molar-refractivity contribution in [2.45, 2.75) is 52.2 Å². The highest BCUT2D eigenvalue weighted by Crippen LogP contribution is 2.24. The molecule has 3 amide bonds. The molecule has 144 valence electrons. The predicted octanol–water partition coefficient (Wildman–Crippen LogP) is 2.05. The number of amides is 3. The zero-order chi connectivity index (χ0) is 19.2. The second-order valence-electron chi connectivity index (χ2n) is 7.21. The Balaban J connectivity index is 1.58. The molecule has 2 heterocycles. The Labute approximate surface area is 158 Å². The standard InChI is InChI=1S/C18H27N3O4S/c1-18(2,3)25-17(24)20-8-4-15(22)19-9-5-16(23)21-10-6-14-13(12-21)7-11-26-14/h7,11H,4-6,8-10,12H2,1-3H3,(H,19,22)(H,20,24). The maximum atomic E-state index is 12.3. The lowest BCUT2D eigenvalue weighted by atomic mass is 10.1. The second kappa shape index (κ2) is 9.02. The molecule has 7 nitrogen and oxygen atoms in total. The molecular weight excluding hydrogens is 354 g/mol. The van der Waals surface area contributed by atoms with Gasteiger partial charge in [0.05, 0.1) is 0 Å². The van der Waals surface area contributed by atoms with Crippen molar-refractivity contribution in [3.63, 3.8) is 0 Å². The molecule has 2 rings (SSSR count). The number of rotatable bonds is 6. The van der Waals surface area contributed by atoms with E-state index in [0.717, 1.165) is 13.0 Å². The smallest absolute Gasteiger partial charge is 0.407 e. The van der Waals surface area contributed by atoms with Crippen molar-refractivity contribution in [2.24, 2.45) is 0 Å². The summed E-state index contributed by atoms with van der Waals surface area (Å²) in [6.07, 6.45) is 0.792. The molecule has 26 heavy (non-hydrogen) atoms. The molecule has 2 N–H and O–H groups in total. The Morgan fingerprint density at radius 2 is 1.92 bits per heavy atom. The number of carbonyl (C=O) groups is 3. The quantitative estimate of drug-likeness (QED) is 0.789. The van der Waals surface area contributed by atoms with Gasteiger partial charge < -0.3 is 20.3 Å². The van der Waals surface area contributed by atoms with E-state index in [1.165, 1.54) is 10.4 Å². The number of hydrogen-bond donors (Lipinski definition) is 2. The third-order valence-electron chi connectivity index (χ3n) is 3.84. The maximum absolute atomic E-state index is 12.3. The van der Waals surface area contributed by atoms with Crippen LogP contribution in [-0.4, -0.2) is 48.0 Å². The highest BCUT2D eigenvalue weighted by atomic mass is 32.1. The summed E-state index contributed by atoms with van der Waals surface area (Å²) in [4.78, 5) is 38.7. The number of ether oxygens (including phenoxy) is 1. The average molecular weight is 381 g/mol. The van der Waals surface area contributed by atoms with Crippen molar-refractivity contribution in [3.8, 4) is 0 Å². The van der Waals surface area contributed by atoms with Crippen LogP contribution in [0.1, 0.15) is 44.1 Å². The molecule has 0 aliphatic carbocycles. The van der Waals surface area contributed by atoms with E-state index in [1.54, 1.807) is 32.1 Å². The van der Waals surface area contributed by atoms with E-state index in [2.05, 4.69) is 22.1 Å². The van der Waals surface area contributed by atoms with Gasteiger partial charge in [0.25, 0.3) is 0 Å². The number of nitrogens with zero attached hydrogens (tertiary/aromatic N) is 1. The molecule has 8 heteroatoms. The van der Waals surface area contributed by atoms with Gasteiger partial charge in [-0.1, -0.05) is 0 Å². The Hall–Kier alpha value is -2.09. The molecular formula is C18H27N3O4S. The van der Waals surface area contributed by atoms with Gasteiger partial charge in [-0.05, 0) is 44.2 Å². The molecule has 1 aliphatic heterocycles. The van der Waals surface area contributed by atoms with Gasteiger partial charge >= 0.3 is 6.09 Å². The van der Waals surface area contributed by atoms with Crippen molar-refractivity contribution < 1.29 is 19.1 Å². The fraction of sp³-hybridized carbons (Fsp3) is 0.611. The SMILES string of the molecule is CC(C)(C)OC(=O)NCCC(=O)NCCC(=O)N1CCc2sccc2C1. The van der Waals surface area contributed by atoms with Crippen LogP contribution in [0.2, 0.25) is 0 Å². The minimum atomic E-state index is -0.565. The van der Waals surface area contributed by atoms with E-state index in [1.807, 2.05) is 4.90 Å². The summed E-state index contributed by atoms with van der Waals surface area (Å²) < 4.78 is 5.09. The van der Waals surface area contributed by atoms with Crippen LogP contribution < -0.4 is 10.6 Å². The van der Waals surface area contributed by atoms with E-state index >= 15 is 0 Å². The molecule has 0 spiro atoms. The first-order valence-corrected chi connectivity index (χ1v) is 9.69. The van der Waals surface area contributed by atoms with Crippen LogP contribution in [0.25, 0.3) is 0 Å². The lowest BCUT2D eigenvalue weighted by Crippen LogP contribution is -2.38. The lowest BCUT2D eigenvalue weighted by Gasteiger charge is -2.27. The molecule has 0 atom stereocenters. The molecule has 0 saturated carbocycles. The van der Waals surface area contributed by atoms with Crippen molar-refractivity contribution in [2.75, 3.05) is 19.6 Å². The molecule has 0 bridgehead atoms. The van der Waals surface area contributed by atoms with Crippen LogP contribution in [0.15, 0.2) is 11.4 Å². The maximum Gasteiger partial charge on any atom is 0.407 e. The Kier molecular flexibility index (Phi) is 7.02. The van der Waals surface area contributed by atoms with E-state index in [0.29, 0.717) is 13.1 Å². The van der Waals surface area contributed by atoms with Crippen LogP contribution in [-0.2, 0) is 27.3 Å². The predicted molar refractivity (Wildman–Crippen MR) is 99.9 cm³/mol. The Bertz CT molecular complexity index is 651. The largest absolute Gasteiger partial charge is 0.444 e. The summed E-state index contributed by atoms with van der Waals surface area (Å²) in [7, 11) is 0. The summed E-state index contributed by atoms with van der Waals surface area (Å²) in [5.74, 6) is -0.151. The number of fused-ring (bicyclic) bond motifs is 1. The van der Waals surface area contributed by atoms with Crippen molar-refractivity contribution >= 4 is 29.2 Å². The molecule has 0 fully saturated rings. The average Bonchev–Trinajstić information content (AvgIpc) is 3.00. The van der Waals surface area contributed by atoms with Crippen LogP contribution in [0.5, 0.6) is 0 Å². The number of carbonyl (C=O) groups excluding carboxylic acids is 3. The Morgan fingerprint density at radius 1 is 1.19 bits per heavy atom. The normalized spacial score (nSPS) is 13.7. The van der Waals surface area contributed by atoms with Crippen LogP contribution in [0.3, 0.4) is 0 Å². The fourth-order valence-electron chi connectivity index (χ4n) is 2.61. The van der Waals surface area contributed by atoms with E-state index < -0.39 is 11.7 Å². The van der Waals surface area contributed by atoms with Crippen LogP contribution in [0, 0.1) is 0 Å². The zero-order valence-electron chi connectivity index (χ0n) is 15.6. The Morgan fingerprint density at radius 3 is 2.65 bits per heavy atom. The summed E-state index contributed by atoms with van der Waals surface area (Å²) >= 11 is 1.74. The van der Waals surface area contributed by atoms with E-state index in [9.17, 15) is 14.4 Å². The molecule has 0 saturated heterocycles. The molecule has 0 unspecified atom stereocenters. The molecule has 1 aromatic rings. The van der Waals surface area contributed by atoms with Gasteiger partial charge in [-0.25, -0.2) is 4.79 Å². The zero-order valence-corrected chi connectivity index (χ0v) is 16.4. The third kappa shape index (κ3) is 6.67. The second-order valence-corrected chi connectivity index (χ2v) is 8.21. The van der Waals surface area contributed by atoms with Crippen molar-refractivity contribution in [1.29, 1.82) is 0 Å². The van der Waals surface area contributed by atoms with Gasteiger partial charge in [-0.3, -0.25) is 9.59 Å². The molecule has 1 aliphatic rings. The van der Waals surface area contributed by atoms with E-state index in [4.69, 9.17) is 4.74 Å². The minimum Gasteiger partial charge on any atom is -0.444 e. The van der Waals surface area contributed by atoms with Gasteiger partial charge in [-0.15, -0.1) is 11.3 Å². The first-order chi connectivity index (χ1) is 12.2. The molecule has 0 aromatic carbocycles. The highest BCUT2D eigenvalue weighted by Gasteiger charge is 2.21. The fourth-order valence-corrected chi connectivity index (χ4v) is 3.50. The van der Waals surface area contributed by atoms with Gasteiger partial charge in [0.2, 0.25) is 11.8 Å². The number of thiophene rings is 1. The van der Waals surface area contributed by atoms with Crippen LogP contribution in [0.4, 0.5) is 4.79 Å². The number of hydrogen-bond acceptors (Lipinski definition) is 5. The number of alkyl carbamates (subject to hydrolysis) is 1. The van der Waals surface area contributed by atoms with Gasteiger partial charge in [-0.2, -0.15) is 0 Å². The van der Waals surface area contributed by atoms with Gasteiger partial charge in [0, 0.05) is 43.9 Å². The summed E-state index contributed by atoms with van der Waals surface area (Å²) in [5, 5.41) is 7.30. The van der Waals surface area contributed by atoms with Crippen molar-refractivity contribution in [3.05, 3.63) is 21.9 Å². The van der Waals surface area contributed by atoms with Gasteiger partial charge in [0.1, 0.15) is 5.60 Å². The summed E-state index contributed by atoms with van der Waals surface area (Å²) in [5.41, 5.74) is 0.664. The van der Waals surface area contributed by atoms with E-state index in [-0.39, 0.29) is 31.2 Å². The molecule has 1 aromatic heterocycles.